The Hall–Kier alpha value is -7.28. The molecule has 0 N–H and O–H groups in total. The summed E-state index contributed by atoms with van der Waals surface area (Å²) in [7, 11) is 0. The molecule has 0 aliphatic carbocycles. The van der Waals surface area contributed by atoms with Crippen molar-refractivity contribution in [3.8, 4) is 33.4 Å². The van der Waals surface area contributed by atoms with Crippen LogP contribution in [0.15, 0.2) is 206 Å². The molecule has 0 amide bonds. The molecule has 0 atom stereocenters. The monoisotopic (exact) mass is 706 g/mol. The summed E-state index contributed by atoms with van der Waals surface area (Å²) < 4.78 is 0. The van der Waals surface area contributed by atoms with Crippen molar-refractivity contribution in [3.05, 3.63) is 206 Å². The highest BCUT2D eigenvalue weighted by Crippen LogP contribution is 2.50. The maximum absolute atomic E-state index is 2.39. The largest absolute Gasteiger partial charge is 0.0616 e. The zero-order valence-corrected chi connectivity index (χ0v) is 30.6. The third kappa shape index (κ3) is 4.54. The van der Waals surface area contributed by atoms with Crippen LogP contribution in [-0.2, 0) is 0 Å². The van der Waals surface area contributed by atoms with E-state index >= 15 is 0 Å². The Morgan fingerprint density at radius 1 is 0.161 bits per heavy atom. The second-order valence-corrected chi connectivity index (χ2v) is 15.1. The van der Waals surface area contributed by atoms with Gasteiger partial charge in [0.1, 0.15) is 0 Å². The molecule has 0 spiro atoms. The van der Waals surface area contributed by atoms with Crippen LogP contribution >= 0.6 is 0 Å². The fourth-order valence-corrected chi connectivity index (χ4v) is 9.75. The topological polar surface area (TPSA) is 0 Å². The van der Waals surface area contributed by atoms with Crippen LogP contribution in [0.1, 0.15) is 0 Å². The minimum atomic E-state index is 1.24. The molecule has 0 aliphatic heterocycles. The van der Waals surface area contributed by atoms with E-state index in [4.69, 9.17) is 0 Å². The summed E-state index contributed by atoms with van der Waals surface area (Å²) in [6, 6.07) is 76.7. The van der Waals surface area contributed by atoms with Gasteiger partial charge in [-0.05, 0) is 132 Å². The molecule has 12 rings (SSSR count). The first-order chi connectivity index (χ1) is 27.8. The van der Waals surface area contributed by atoms with E-state index in [0.717, 1.165) is 0 Å². The SMILES string of the molecule is c1ccc2c(c1)ccc1cc(-c3c4ccccc4c(-c4c5ccccc5c(-c5ccc6c(ccc7ccccc76)c5)c5ccccc45)c4ccccc34)ccc12. The third-order valence-corrected chi connectivity index (χ3v) is 12.2. The molecule has 0 heteroatoms. The Bertz CT molecular complexity index is 3230. The lowest BCUT2D eigenvalue weighted by Crippen LogP contribution is -1.94. The van der Waals surface area contributed by atoms with Gasteiger partial charge in [0.25, 0.3) is 0 Å². The second-order valence-electron chi connectivity index (χ2n) is 15.1. The van der Waals surface area contributed by atoms with Crippen molar-refractivity contribution in [2.45, 2.75) is 0 Å². The number of rotatable bonds is 3. The summed E-state index contributed by atoms with van der Waals surface area (Å²) >= 11 is 0. The Morgan fingerprint density at radius 2 is 0.411 bits per heavy atom. The van der Waals surface area contributed by atoms with Gasteiger partial charge >= 0.3 is 0 Å². The fourth-order valence-electron chi connectivity index (χ4n) is 9.75. The molecule has 0 unspecified atom stereocenters. The van der Waals surface area contributed by atoms with Crippen molar-refractivity contribution >= 4 is 86.2 Å². The van der Waals surface area contributed by atoms with Crippen molar-refractivity contribution in [2.75, 3.05) is 0 Å². The standard InChI is InChI=1S/C56H34/c1-3-15-41-35(13-1)25-27-37-33-39(29-31-43(37)41)53-45-17-5-9-21-49(45)55(50-22-10-6-18-46(50)53)56-51-23-11-7-19-47(51)54(48-20-8-12-24-52(48)56)40-30-32-44-38(34-40)28-26-36-14-2-4-16-42(36)44/h1-34H. The summed E-state index contributed by atoms with van der Waals surface area (Å²) in [5, 5.41) is 20.3. The van der Waals surface area contributed by atoms with Gasteiger partial charge in [-0.25, -0.2) is 0 Å². The van der Waals surface area contributed by atoms with Crippen LogP contribution in [0.5, 0.6) is 0 Å². The predicted molar refractivity (Wildman–Crippen MR) is 243 cm³/mol. The molecular weight excluding hydrogens is 673 g/mol. The van der Waals surface area contributed by atoms with Gasteiger partial charge in [0.05, 0.1) is 0 Å². The quantitative estimate of drug-likeness (QED) is 0.127. The van der Waals surface area contributed by atoms with Gasteiger partial charge in [0.15, 0.2) is 0 Å². The zero-order valence-electron chi connectivity index (χ0n) is 30.6. The predicted octanol–water partition coefficient (Wildman–Crippen LogP) is 15.9. The fraction of sp³-hybridized carbons (Fsp3) is 0. The highest BCUT2D eigenvalue weighted by Gasteiger charge is 2.22. The van der Waals surface area contributed by atoms with Gasteiger partial charge in [0, 0.05) is 0 Å². The Balaban J connectivity index is 1.16. The van der Waals surface area contributed by atoms with Crippen molar-refractivity contribution in [1.82, 2.24) is 0 Å². The minimum Gasteiger partial charge on any atom is -0.0616 e. The lowest BCUT2D eigenvalue weighted by atomic mass is 9.80. The molecule has 12 aromatic carbocycles. The number of benzene rings is 12. The maximum atomic E-state index is 2.39. The van der Waals surface area contributed by atoms with Crippen molar-refractivity contribution in [1.29, 1.82) is 0 Å². The van der Waals surface area contributed by atoms with Crippen LogP contribution in [-0.4, -0.2) is 0 Å². The van der Waals surface area contributed by atoms with Crippen LogP contribution in [0.4, 0.5) is 0 Å². The number of hydrogen-bond donors (Lipinski definition) is 0. The van der Waals surface area contributed by atoms with Gasteiger partial charge in [-0.1, -0.05) is 194 Å². The first-order valence-corrected chi connectivity index (χ1v) is 19.5. The van der Waals surface area contributed by atoms with Gasteiger partial charge in [0.2, 0.25) is 0 Å². The molecule has 0 fully saturated rings. The van der Waals surface area contributed by atoms with Crippen LogP contribution in [0.25, 0.3) is 120 Å². The van der Waals surface area contributed by atoms with Crippen molar-refractivity contribution in [3.63, 3.8) is 0 Å². The van der Waals surface area contributed by atoms with E-state index in [1.165, 1.54) is 120 Å². The van der Waals surface area contributed by atoms with Crippen molar-refractivity contribution < 1.29 is 0 Å². The summed E-state index contributed by atoms with van der Waals surface area (Å²) in [6.45, 7) is 0. The molecule has 56 heavy (non-hydrogen) atoms. The molecule has 0 bridgehead atoms. The van der Waals surface area contributed by atoms with Gasteiger partial charge < -0.3 is 0 Å². The summed E-state index contributed by atoms with van der Waals surface area (Å²) in [4.78, 5) is 0. The summed E-state index contributed by atoms with van der Waals surface area (Å²) in [5.74, 6) is 0. The number of hydrogen-bond acceptors (Lipinski definition) is 0. The van der Waals surface area contributed by atoms with Crippen LogP contribution in [0.2, 0.25) is 0 Å². The van der Waals surface area contributed by atoms with E-state index in [0.29, 0.717) is 0 Å². The van der Waals surface area contributed by atoms with E-state index in [2.05, 4.69) is 206 Å². The Labute approximate surface area is 324 Å². The first kappa shape index (κ1) is 31.1. The molecule has 12 aromatic rings. The molecule has 0 nitrogen and oxygen atoms in total. The average molecular weight is 707 g/mol. The van der Waals surface area contributed by atoms with Crippen LogP contribution in [0.3, 0.4) is 0 Å². The molecule has 258 valence electrons. The van der Waals surface area contributed by atoms with E-state index in [9.17, 15) is 0 Å². The molecule has 0 aromatic heterocycles. The normalized spacial score (nSPS) is 11.9. The van der Waals surface area contributed by atoms with Crippen LogP contribution in [0, 0.1) is 0 Å². The van der Waals surface area contributed by atoms with E-state index in [1.54, 1.807) is 0 Å². The van der Waals surface area contributed by atoms with E-state index < -0.39 is 0 Å². The molecule has 0 saturated carbocycles. The third-order valence-electron chi connectivity index (χ3n) is 12.2. The average Bonchev–Trinajstić information content (AvgIpc) is 3.27. The second kappa shape index (κ2) is 12.1. The number of fused-ring (bicyclic) bond motifs is 10. The minimum absolute atomic E-state index is 1.24. The molecule has 0 radical (unpaired) electrons. The molecule has 0 heterocycles. The lowest BCUT2D eigenvalue weighted by Gasteiger charge is -2.22. The molecule has 0 saturated heterocycles. The summed E-state index contributed by atoms with van der Waals surface area (Å²) in [6.07, 6.45) is 0. The lowest BCUT2D eigenvalue weighted by molar-refractivity contribution is 1.69. The molecular formula is C56H34. The zero-order chi connectivity index (χ0) is 36.7. The highest BCUT2D eigenvalue weighted by molar-refractivity contribution is 6.30. The maximum Gasteiger partial charge on any atom is -0.00139 e. The molecule has 0 aliphatic rings. The van der Waals surface area contributed by atoms with Gasteiger partial charge in [-0.15, -0.1) is 0 Å². The Morgan fingerprint density at radius 3 is 0.750 bits per heavy atom. The van der Waals surface area contributed by atoms with E-state index in [1.807, 2.05) is 0 Å². The Kier molecular flexibility index (Phi) is 6.73. The van der Waals surface area contributed by atoms with Gasteiger partial charge in [-0.2, -0.15) is 0 Å². The summed E-state index contributed by atoms with van der Waals surface area (Å²) in [5.41, 5.74) is 7.61. The highest BCUT2D eigenvalue weighted by atomic mass is 14.2. The van der Waals surface area contributed by atoms with Gasteiger partial charge in [-0.3, -0.25) is 0 Å². The van der Waals surface area contributed by atoms with E-state index in [-0.39, 0.29) is 0 Å². The van der Waals surface area contributed by atoms with Crippen molar-refractivity contribution in [2.24, 2.45) is 0 Å². The van der Waals surface area contributed by atoms with Crippen LogP contribution < -0.4 is 0 Å². The smallest absolute Gasteiger partial charge is 0.00139 e. The first-order valence-electron chi connectivity index (χ1n) is 19.5.